The Bertz CT molecular complexity index is 1290. The number of ether oxygens (including phenoxy) is 1. The Morgan fingerprint density at radius 2 is 1.66 bits per heavy atom. The van der Waals surface area contributed by atoms with Crippen molar-refractivity contribution in [3.63, 3.8) is 0 Å². The van der Waals surface area contributed by atoms with E-state index in [1.807, 2.05) is 19.1 Å². The molecule has 6 nitrogen and oxygen atoms in total. The van der Waals surface area contributed by atoms with Gasteiger partial charge >= 0.3 is 0 Å². The monoisotopic (exact) mass is 512 g/mol. The lowest BCUT2D eigenvalue weighted by Gasteiger charge is -2.26. The van der Waals surface area contributed by atoms with Crippen molar-refractivity contribution >= 4 is 38.9 Å². The Balaban J connectivity index is 1.54. The molecule has 1 aliphatic carbocycles. The number of nitrogens with zero attached hydrogens (tertiary/aromatic N) is 1. The molecule has 1 N–H and O–H groups in total. The minimum Gasteiger partial charge on any atom is -0.490 e. The topological polar surface area (TPSA) is 75.7 Å². The molecule has 3 aromatic carbocycles. The molecule has 0 aromatic heterocycles. The number of carbonyl (C=O) groups is 1. The molecule has 1 amide bonds. The van der Waals surface area contributed by atoms with Crippen LogP contribution in [0.1, 0.15) is 36.8 Å². The number of benzene rings is 3. The van der Waals surface area contributed by atoms with E-state index in [9.17, 15) is 13.2 Å². The fourth-order valence-electron chi connectivity index (χ4n) is 4.18. The van der Waals surface area contributed by atoms with Crippen molar-refractivity contribution in [2.24, 2.45) is 0 Å². The Morgan fingerprint density at radius 1 is 1.00 bits per heavy atom. The number of hydrogen-bond donors (Lipinski definition) is 1. The second-order valence-corrected chi connectivity index (χ2v) is 11.2. The summed E-state index contributed by atoms with van der Waals surface area (Å²) in [5.41, 5.74) is 2.55. The number of amides is 1. The summed E-state index contributed by atoms with van der Waals surface area (Å²) in [5.74, 6) is 0.301. The van der Waals surface area contributed by atoms with Gasteiger partial charge in [-0.05, 0) is 99.7 Å². The molecule has 1 fully saturated rings. The molecule has 0 aliphatic heterocycles. The molecule has 35 heavy (non-hydrogen) atoms. The third-order valence-corrected chi connectivity index (χ3v) is 8.08. The molecular formula is C27H29ClN2O4S. The molecule has 0 unspecified atom stereocenters. The maximum absolute atomic E-state index is 13.6. The Kier molecular flexibility index (Phi) is 7.67. The Hall–Kier alpha value is -3.03. The van der Waals surface area contributed by atoms with Crippen molar-refractivity contribution in [3.8, 4) is 5.75 Å². The number of nitrogens with one attached hydrogen (secondary N) is 1. The lowest BCUT2D eigenvalue weighted by Crippen LogP contribution is -2.38. The Morgan fingerprint density at radius 3 is 2.29 bits per heavy atom. The lowest BCUT2D eigenvalue weighted by molar-refractivity contribution is -0.114. The molecule has 1 aliphatic rings. The van der Waals surface area contributed by atoms with Crippen molar-refractivity contribution in [2.45, 2.75) is 50.5 Å². The van der Waals surface area contributed by atoms with E-state index in [1.165, 1.54) is 12.8 Å². The van der Waals surface area contributed by atoms with Gasteiger partial charge < -0.3 is 10.1 Å². The van der Waals surface area contributed by atoms with Gasteiger partial charge in [0.1, 0.15) is 12.3 Å². The number of sulfonamides is 1. The van der Waals surface area contributed by atoms with Gasteiger partial charge in [-0.3, -0.25) is 9.10 Å². The van der Waals surface area contributed by atoms with Crippen LogP contribution in [0.4, 0.5) is 11.4 Å². The largest absolute Gasteiger partial charge is 0.490 e. The predicted octanol–water partition coefficient (Wildman–Crippen LogP) is 6.11. The number of rotatable bonds is 8. The van der Waals surface area contributed by atoms with Gasteiger partial charge in [0.2, 0.25) is 5.91 Å². The lowest BCUT2D eigenvalue weighted by atomic mass is 10.2. The van der Waals surface area contributed by atoms with Gasteiger partial charge in [0, 0.05) is 10.7 Å². The minimum absolute atomic E-state index is 0.110. The highest BCUT2D eigenvalue weighted by Gasteiger charge is 2.28. The van der Waals surface area contributed by atoms with Crippen LogP contribution in [0.25, 0.3) is 0 Å². The van der Waals surface area contributed by atoms with Crippen molar-refractivity contribution in [2.75, 3.05) is 16.2 Å². The number of aryl methyl sites for hydroxylation is 2. The first kappa shape index (κ1) is 25.1. The normalized spacial score (nSPS) is 14.0. The molecule has 0 heterocycles. The van der Waals surface area contributed by atoms with Crippen LogP contribution < -0.4 is 14.4 Å². The maximum atomic E-state index is 13.6. The zero-order chi connectivity index (χ0) is 25.0. The molecule has 184 valence electrons. The van der Waals surface area contributed by atoms with Gasteiger partial charge in [0.05, 0.1) is 16.7 Å². The van der Waals surface area contributed by atoms with E-state index in [1.54, 1.807) is 61.5 Å². The number of hydrogen-bond acceptors (Lipinski definition) is 4. The number of carbonyl (C=O) groups excluding carboxylic acids is 1. The standard InChI is InChI=1S/C27H29ClN2O4S/c1-19-7-14-25(15-8-19)35(32,33)30(26-16-9-21(28)17-20(26)2)18-27(31)29-22-10-12-24(13-11-22)34-23-5-3-4-6-23/h7-17,23H,3-6,18H2,1-2H3,(H,29,31). The molecule has 3 aromatic rings. The fraction of sp³-hybridized carbons (Fsp3) is 0.296. The van der Waals surface area contributed by atoms with Crippen LogP contribution >= 0.6 is 11.6 Å². The Labute approximate surface area is 211 Å². The summed E-state index contributed by atoms with van der Waals surface area (Å²) in [6.07, 6.45) is 4.75. The molecular weight excluding hydrogens is 484 g/mol. The van der Waals surface area contributed by atoms with E-state index >= 15 is 0 Å². The van der Waals surface area contributed by atoms with Gasteiger partial charge in [0.15, 0.2) is 0 Å². The highest BCUT2D eigenvalue weighted by Crippen LogP contribution is 2.29. The van der Waals surface area contributed by atoms with Crippen molar-refractivity contribution in [3.05, 3.63) is 82.9 Å². The van der Waals surface area contributed by atoms with Gasteiger partial charge in [-0.2, -0.15) is 0 Å². The molecule has 0 atom stereocenters. The van der Waals surface area contributed by atoms with Crippen molar-refractivity contribution < 1.29 is 17.9 Å². The molecule has 0 bridgehead atoms. The third-order valence-electron chi connectivity index (χ3n) is 6.07. The first-order valence-electron chi connectivity index (χ1n) is 11.6. The molecule has 4 rings (SSSR count). The van der Waals surface area contributed by atoms with Crippen LogP contribution in [0.3, 0.4) is 0 Å². The van der Waals surface area contributed by atoms with Crippen molar-refractivity contribution in [1.82, 2.24) is 0 Å². The van der Waals surface area contributed by atoms with E-state index in [4.69, 9.17) is 16.3 Å². The van der Waals surface area contributed by atoms with Crippen LogP contribution in [0.5, 0.6) is 5.75 Å². The minimum atomic E-state index is -4.00. The first-order chi connectivity index (χ1) is 16.7. The summed E-state index contributed by atoms with van der Waals surface area (Å²) in [6, 6.07) is 18.6. The zero-order valence-electron chi connectivity index (χ0n) is 19.8. The summed E-state index contributed by atoms with van der Waals surface area (Å²) in [6.45, 7) is 3.26. The number of anilines is 2. The summed E-state index contributed by atoms with van der Waals surface area (Å²) >= 11 is 6.09. The average Bonchev–Trinajstić information content (AvgIpc) is 3.33. The molecule has 0 saturated heterocycles. The highest BCUT2D eigenvalue weighted by atomic mass is 35.5. The van der Waals surface area contributed by atoms with E-state index in [2.05, 4.69) is 5.32 Å². The third kappa shape index (κ3) is 6.16. The van der Waals surface area contributed by atoms with Crippen LogP contribution in [-0.2, 0) is 14.8 Å². The van der Waals surface area contributed by atoms with Crippen LogP contribution in [0.15, 0.2) is 71.6 Å². The van der Waals surface area contributed by atoms with Crippen LogP contribution in [-0.4, -0.2) is 27.0 Å². The van der Waals surface area contributed by atoms with Crippen molar-refractivity contribution in [1.29, 1.82) is 0 Å². The second kappa shape index (κ2) is 10.7. The predicted molar refractivity (Wildman–Crippen MR) is 140 cm³/mol. The van der Waals surface area contributed by atoms with Crippen LogP contribution in [0.2, 0.25) is 5.02 Å². The average molecular weight is 513 g/mol. The van der Waals surface area contributed by atoms with Gasteiger partial charge in [0.25, 0.3) is 10.0 Å². The summed E-state index contributed by atoms with van der Waals surface area (Å²) in [5, 5.41) is 3.29. The SMILES string of the molecule is Cc1ccc(S(=O)(=O)N(CC(=O)Nc2ccc(OC3CCCC3)cc2)c2ccc(Cl)cc2C)cc1. The molecule has 0 spiro atoms. The number of halogens is 1. The smallest absolute Gasteiger partial charge is 0.264 e. The fourth-order valence-corrected chi connectivity index (χ4v) is 5.89. The highest BCUT2D eigenvalue weighted by molar-refractivity contribution is 7.92. The van der Waals surface area contributed by atoms with E-state index in [-0.39, 0.29) is 17.5 Å². The molecule has 1 saturated carbocycles. The van der Waals surface area contributed by atoms with E-state index < -0.39 is 15.9 Å². The van der Waals surface area contributed by atoms with Gasteiger partial charge in [-0.15, -0.1) is 0 Å². The van der Waals surface area contributed by atoms with E-state index in [0.29, 0.717) is 22.0 Å². The first-order valence-corrected chi connectivity index (χ1v) is 13.5. The van der Waals surface area contributed by atoms with Gasteiger partial charge in [-0.1, -0.05) is 29.3 Å². The van der Waals surface area contributed by atoms with E-state index in [0.717, 1.165) is 28.5 Å². The van der Waals surface area contributed by atoms with Gasteiger partial charge in [-0.25, -0.2) is 8.42 Å². The second-order valence-electron chi connectivity index (χ2n) is 8.85. The summed E-state index contributed by atoms with van der Waals surface area (Å²) < 4.78 is 34.2. The summed E-state index contributed by atoms with van der Waals surface area (Å²) in [4.78, 5) is 13.1. The molecule has 0 radical (unpaired) electrons. The maximum Gasteiger partial charge on any atom is 0.264 e. The quantitative estimate of drug-likeness (QED) is 0.395. The molecule has 8 heteroatoms. The van der Waals surface area contributed by atoms with Crippen LogP contribution in [0, 0.1) is 13.8 Å². The summed E-state index contributed by atoms with van der Waals surface area (Å²) in [7, 11) is -4.00. The zero-order valence-corrected chi connectivity index (χ0v) is 21.4.